The third-order valence-corrected chi connectivity index (χ3v) is 9.09. The molecule has 0 spiro atoms. The van der Waals surface area contributed by atoms with Crippen LogP contribution in [-0.4, -0.2) is 46.1 Å². The van der Waals surface area contributed by atoms with Crippen LogP contribution in [0.5, 0.6) is 0 Å². The van der Waals surface area contributed by atoms with Gasteiger partial charge in [-0.15, -0.1) is 0 Å². The van der Waals surface area contributed by atoms with Gasteiger partial charge in [0.15, 0.2) is 6.29 Å². The number of halogens is 2. The molecular weight excluding hydrogens is 575 g/mol. The van der Waals surface area contributed by atoms with Gasteiger partial charge < -0.3 is 15.5 Å². The maximum Gasteiger partial charge on any atom is 0.260 e. The van der Waals surface area contributed by atoms with E-state index < -0.39 is 12.2 Å². The molecule has 228 valence electrons. The minimum atomic E-state index is -0.556. The second-order valence-corrected chi connectivity index (χ2v) is 12.3. The number of piperidine rings is 1. The maximum atomic E-state index is 14.5. The number of anilines is 2. The number of aliphatic imine (C=N–C) groups is 1. The van der Waals surface area contributed by atoms with E-state index in [4.69, 9.17) is 11.6 Å². The van der Waals surface area contributed by atoms with E-state index in [1.807, 2.05) is 13.0 Å². The fourth-order valence-corrected chi connectivity index (χ4v) is 6.52. The van der Waals surface area contributed by atoms with Crippen molar-refractivity contribution in [2.24, 2.45) is 4.99 Å². The van der Waals surface area contributed by atoms with Crippen LogP contribution in [0.2, 0.25) is 5.02 Å². The third kappa shape index (κ3) is 6.01. The minimum absolute atomic E-state index is 0.168. The maximum absolute atomic E-state index is 14.5. The molecule has 1 saturated heterocycles. The summed E-state index contributed by atoms with van der Waals surface area (Å²) >= 11 is 6.69. The number of hydrogen-bond acceptors (Lipinski definition) is 6. The van der Waals surface area contributed by atoms with Crippen LogP contribution in [0.15, 0.2) is 70.5 Å². The van der Waals surface area contributed by atoms with E-state index in [1.54, 1.807) is 48.0 Å². The molecule has 2 aromatic heterocycles. The van der Waals surface area contributed by atoms with E-state index in [0.717, 1.165) is 24.3 Å². The lowest BCUT2D eigenvalue weighted by Gasteiger charge is -2.34. The summed E-state index contributed by atoms with van der Waals surface area (Å²) in [5.41, 5.74) is 5.55. The highest BCUT2D eigenvalue weighted by Gasteiger charge is 2.24. The third-order valence-electron chi connectivity index (χ3n) is 8.77. The number of benzene rings is 2. The van der Waals surface area contributed by atoms with Crippen molar-refractivity contribution in [1.82, 2.24) is 14.5 Å². The Hall–Kier alpha value is -4.01. The van der Waals surface area contributed by atoms with Crippen molar-refractivity contribution < 1.29 is 4.39 Å². The zero-order valence-corrected chi connectivity index (χ0v) is 26.3. The monoisotopic (exact) mass is 612 g/mol. The molecule has 7 nitrogen and oxygen atoms in total. The SMILES string of the molecule is CCn1c2c(cc(-c3ccc(-c4ccc(C)nc4F)cc3Cl)c1=O)C=NC(Nc1ccc(C3CCN(C(C)C)CC3)cc1)N2. The summed E-state index contributed by atoms with van der Waals surface area (Å²) in [7, 11) is 0. The van der Waals surface area contributed by atoms with Gasteiger partial charge in [-0.2, -0.15) is 4.39 Å². The quantitative estimate of drug-likeness (QED) is 0.211. The van der Waals surface area contributed by atoms with E-state index in [1.165, 1.54) is 18.4 Å². The van der Waals surface area contributed by atoms with Gasteiger partial charge in [0.05, 0.1) is 0 Å². The number of nitrogens with zero attached hydrogens (tertiary/aromatic N) is 4. The summed E-state index contributed by atoms with van der Waals surface area (Å²) in [6.45, 7) is 11.0. The molecule has 0 bridgehead atoms. The first kappa shape index (κ1) is 30.0. The highest BCUT2D eigenvalue weighted by atomic mass is 35.5. The largest absolute Gasteiger partial charge is 0.347 e. The topological polar surface area (TPSA) is 74.5 Å². The Morgan fingerprint density at radius 2 is 1.75 bits per heavy atom. The zero-order valence-electron chi connectivity index (χ0n) is 25.6. The molecule has 2 aliphatic rings. The number of aryl methyl sites for hydroxylation is 1. The van der Waals surface area contributed by atoms with E-state index in [2.05, 4.69) is 63.6 Å². The number of pyridine rings is 2. The smallest absolute Gasteiger partial charge is 0.260 e. The van der Waals surface area contributed by atoms with Gasteiger partial charge in [0.25, 0.3) is 5.56 Å². The molecule has 0 amide bonds. The molecule has 2 N–H and O–H groups in total. The van der Waals surface area contributed by atoms with Gasteiger partial charge in [-0.25, -0.2) is 9.98 Å². The van der Waals surface area contributed by atoms with Gasteiger partial charge in [0.1, 0.15) is 5.82 Å². The van der Waals surface area contributed by atoms with Crippen LogP contribution in [0.1, 0.15) is 56.4 Å². The molecule has 44 heavy (non-hydrogen) atoms. The lowest BCUT2D eigenvalue weighted by atomic mass is 9.89. The van der Waals surface area contributed by atoms with Gasteiger partial charge >= 0.3 is 0 Å². The highest BCUT2D eigenvalue weighted by Crippen LogP contribution is 2.34. The minimum Gasteiger partial charge on any atom is -0.347 e. The Labute approximate surface area is 262 Å². The predicted octanol–water partition coefficient (Wildman–Crippen LogP) is 7.53. The Balaban J connectivity index is 1.20. The van der Waals surface area contributed by atoms with Crippen molar-refractivity contribution >= 4 is 29.3 Å². The molecule has 9 heteroatoms. The van der Waals surface area contributed by atoms with Gasteiger partial charge in [0.2, 0.25) is 5.95 Å². The lowest BCUT2D eigenvalue weighted by Crippen LogP contribution is -2.37. The van der Waals surface area contributed by atoms with Crippen LogP contribution in [-0.2, 0) is 6.54 Å². The van der Waals surface area contributed by atoms with Crippen LogP contribution in [0.25, 0.3) is 22.3 Å². The Bertz CT molecular complexity index is 1760. The van der Waals surface area contributed by atoms with E-state index in [0.29, 0.717) is 57.3 Å². The lowest BCUT2D eigenvalue weighted by molar-refractivity contribution is 0.172. The van der Waals surface area contributed by atoms with Crippen LogP contribution < -0.4 is 16.2 Å². The van der Waals surface area contributed by atoms with Crippen molar-refractivity contribution in [3.8, 4) is 22.3 Å². The fraction of sp³-hybridized carbons (Fsp3) is 0.343. The standard InChI is InChI=1S/C35H38ClFN6O/c1-5-43-33-26(18-30(34(43)44)29-13-9-25(19-31(29)36)28-12-6-22(4)39-32(28)37)20-38-35(41-33)40-27-10-7-23(8-11-27)24-14-16-42(17-15-24)21(2)3/h6-13,18-21,24,35,40-41H,5,14-17H2,1-4H3. The molecule has 0 radical (unpaired) electrons. The zero-order chi connectivity index (χ0) is 31.0. The first-order chi connectivity index (χ1) is 21.2. The Morgan fingerprint density at radius 3 is 2.41 bits per heavy atom. The summed E-state index contributed by atoms with van der Waals surface area (Å²) < 4.78 is 16.2. The van der Waals surface area contributed by atoms with E-state index in [-0.39, 0.29) is 5.56 Å². The van der Waals surface area contributed by atoms with Crippen LogP contribution in [0.3, 0.4) is 0 Å². The van der Waals surface area contributed by atoms with Crippen molar-refractivity contribution in [1.29, 1.82) is 0 Å². The highest BCUT2D eigenvalue weighted by molar-refractivity contribution is 6.33. The first-order valence-electron chi connectivity index (χ1n) is 15.3. The summed E-state index contributed by atoms with van der Waals surface area (Å²) in [5.74, 6) is 0.734. The second kappa shape index (κ2) is 12.5. The summed E-state index contributed by atoms with van der Waals surface area (Å²) in [6.07, 6.45) is 3.73. The number of fused-ring (bicyclic) bond motifs is 1. The van der Waals surface area contributed by atoms with Crippen LogP contribution >= 0.6 is 11.6 Å². The molecule has 0 saturated carbocycles. The van der Waals surface area contributed by atoms with E-state index in [9.17, 15) is 9.18 Å². The van der Waals surface area contributed by atoms with Crippen molar-refractivity contribution in [2.45, 2.75) is 65.3 Å². The molecule has 1 atom stereocenters. The molecule has 0 aliphatic carbocycles. The predicted molar refractivity (Wildman–Crippen MR) is 179 cm³/mol. The fourth-order valence-electron chi connectivity index (χ4n) is 6.24. The molecule has 4 aromatic rings. The Kier molecular flexibility index (Phi) is 8.56. The number of aromatic nitrogens is 2. The average Bonchev–Trinajstić information content (AvgIpc) is 3.01. The molecule has 2 aromatic carbocycles. The molecule has 6 rings (SSSR count). The summed E-state index contributed by atoms with van der Waals surface area (Å²) in [5, 5.41) is 7.20. The van der Waals surface area contributed by atoms with E-state index >= 15 is 0 Å². The molecular formula is C35H38ClFN6O. The van der Waals surface area contributed by atoms with Crippen molar-refractivity contribution in [3.63, 3.8) is 0 Å². The number of rotatable bonds is 7. The first-order valence-corrected chi connectivity index (χ1v) is 15.7. The normalized spacial score (nSPS) is 17.0. The van der Waals surface area contributed by atoms with Gasteiger partial charge in [-0.3, -0.25) is 9.36 Å². The number of hydrogen-bond donors (Lipinski definition) is 2. The summed E-state index contributed by atoms with van der Waals surface area (Å²) in [6, 6.07) is 19.7. The van der Waals surface area contributed by atoms with Crippen molar-refractivity contribution in [3.05, 3.63) is 98.8 Å². The number of nitrogens with one attached hydrogen (secondary N) is 2. The van der Waals surface area contributed by atoms with Crippen LogP contribution in [0, 0.1) is 12.9 Å². The Morgan fingerprint density at radius 1 is 1.02 bits per heavy atom. The molecule has 4 heterocycles. The van der Waals surface area contributed by atoms with Gasteiger partial charge in [-0.1, -0.05) is 35.9 Å². The molecule has 1 fully saturated rings. The van der Waals surface area contributed by atoms with Crippen molar-refractivity contribution in [2.75, 3.05) is 23.7 Å². The van der Waals surface area contributed by atoms with Crippen LogP contribution in [0.4, 0.5) is 15.9 Å². The van der Waals surface area contributed by atoms with Gasteiger partial charge in [-0.05, 0) is 107 Å². The van der Waals surface area contributed by atoms with Gasteiger partial charge in [0, 0.05) is 57.5 Å². The number of likely N-dealkylation sites (tertiary alicyclic amines) is 1. The summed E-state index contributed by atoms with van der Waals surface area (Å²) in [4.78, 5) is 24.9. The molecule has 1 unspecified atom stereocenters. The average molecular weight is 613 g/mol. The molecule has 2 aliphatic heterocycles. The second-order valence-electron chi connectivity index (χ2n) is 11.9.